The second kappa shape index (κ2) is 8.78. The number of hydrogen-bond donors (Lipinski definition) is 1. The summed E-state index contributed by atoms with van der Waals surface area (Å²) in [6.45, 7) is 0.571. The van der Waals surface area contributed by atoms with Crippen LogP contribution in [0.15, 0.2) is 42.5 Å². The Morgan fingerprint density at radius 3 is 2.61 bits per heavy atom. The van der Waals surface area contributed by atoms with Crippen LogP contribution < -0.4 is 10.1 Å². The summed E-state index contributed by atoms with van der Waals surface area (Å²) >= 11 is 0. The smallest absolute Gasteiger partial charge is 0.305 e. The second-order valence-electron chi connectivity index (χ2n) is 5.08. The first-order chi connectivity index (χ1) is 11.2. The monoisotopic (exact) mass is 314 g/mol. The van der Waals surface area contributed by atoms with E-state index in [2.05, 4.69) is 15.0 Å². The van der Waals surface area contributed by atoms with E-state index in [4.69, 9.17) is 4.74 Å². The lowest BCUT2D eigenvalue weighted by Crippen LogP contribution is -2.04. The molecule has 2 rings (SSSR count). The number of ether oxygens (including phenoxy) is 2. The quantitative estimate of drug-likeness (QED) is 0.759. The molecule has 1 aromatic heterocycles. The van der Waals surface area contributed by atoms with Gasteiger partial charge in [-0.15, -0.1) is 0 Å². The minimum atomic E-state index is -0.193. The zero-order chi connectivity index (χ0) is 16.5. The van der Waals surface area contributed by atoms with Crippen LogP contribution in [0, 0.1) is 0 Å². The highest BCUT2D eigenvalue weighted by molar-refractivity contribution is 5.69. The number of rotatable bonds is 8. The van der Waals surface area contributed by atoms with Crippen molar-refractivity contribution in [2.24, 2.45) is 0 Å². The lowest BCUT2D eigenvalue weighted by molar-refractivity contribution is -0.140. The maximum Gasteiger partial charge on any atom is 0.305 e. The zero-order valence-corrected chi connectivity index (χ0v) is 13.5. The maximum absolute atomic E-state index is 11.1. The van der Waals surface area contributed by atoms with E-state index in [1.54, 1.807) is 0 Å². The van der Waals surface area contributed by atoms with Crippen molar-refractivity contribution in [3.8, 4) is 5.75 Å². The van der Waals surface area contributed by atoms with Gasteiger partial charge >= 0.3 is 5.97 Å². The lowest BCUT2D eigenvalue weighted by Gasteiger charge is -2.08. The minimum absolute atomic E-state index is 0.193. The normalized spacial score (nSPS) is 10.2. The van der Waals surface area contributed by atoms with Crippen LogP contribution in [0.4, 0.5) is 5.82 Å². The van der Waals surface area contributed by atoms with E-state index in [9.17, 15) is 4.79 Å². The van der Waals surface area contributed by atoms with E-state index in [-0.39, 0.29) is 5.97 Å². The Hall–Kier alpha value is -2.56. The Kier molecular flexibility index (Phi) is 6.41. The Bertz CT molecular complexity index is 626. The number of hydrogen-bond acceptors (Lipinski definition) is 5. The van der Waals surface area contributed by atoms with E-state index < -0.39 is 0 Å². The molecular weight excluding hydrogens is 292 g/mol. The number of aromatic nitrogens is 1. The van der Waals surface area contributed by atoms with Crippen molar-refractivity contribution in [2.45, 2.75) is 19.3 Å². The van der Waals surface area contributed by atoms with E-state index in [1.807, 2.05) is 49.5 Å². The van der Waals surface area contributed by atoms with Crippen LogP contribution in [-0.2, 0) is 22.4 Å². The molecule has 0 spiro atoms. The van der Waals surface area contributed by atoms with E-state index in [0.717, 1.165) is 29.2 Å². The van der Waals surface area contributed by atoms with Gasteiger partial charge in [0.1, 0.15) is 11.6 Å². The second-order valence-corrected chi connectivity index (χ2v) is 5.08. The van der Waals surface area contributed by atoms with E-state index in [1.165, 1.54) is 7.11 Å². The van der Waals surface area contributed by atoms with Crippen molar-refractivity contribution in [1.29, 1.82) is 0 Å². The molecule has 0 radical (unpaired) electrons. The lowest BCUT2D eigenvalue weighted by atomic mass is 10.1. The molecule has 1 aromatic carbocycles. The number of carbonyl (C=O) groups is 1. The molecule has 23 heavy (non-hydrogen) atoms. The molecule has 0 saturated carbocycles. The van der Waals surface area contributed by atoms with Gasteiger partial charge in [0.2, 0.25) is 0 Å². The number of carbonyl (C=O) groups excluding carboxylic acids is 1. The molecule has 0 aliphatic carbocycles. The van der Waals surface area contributed by atoms with Crippen LogP contribution in [0.1, 0.15) is 17.7 Å². The maximum atomic E-state index is 11.1. The van der Waals surface area contributed by atoms with Gasteiger partial charge in [0, 0.05) is 25.6 Å². The van der Waals surface area contributed by atoms with Crippen molar-refractivity contribution in [3.63, 3.8) is 0 Å². The third kappa shape index (κ3) is 5.62. The Morgan fingerprint density at radius 1 is 1.13 bits per heavy atom. The van der Waals surface area contributed by atoms with Gasteiger partial charge in [-0.25, -0.2) is 4.98 Å². The van der Waals surface area contributed by atoms with Crippen molar-refractivity contribution < 1.29 is 14.3 Å². The number of methoxy groups -OCH3 is 1. The fourth-order valence-electron chi connectivity index (χ4n) is 2.13. The predicted molar refractivity (Wildman–Crippen MR) is 89.8 cm³/mol. The molecule has 5 heteroatoms. The van der Waals surface area contributed by atoms with Gasteiger partial charge in [-0.1, -0.05) is 18.2 Å². The molecule has 2 aromatic rings. The third-order valence-corrected chi connectivity index (χ3v) is 3.46. The number of benzene rings is 1. The van der Waals surface area contributed by atoms with E-state index in [0.29, 0.717) is 19.4 Å². The Balaban J connectivity index is 1.78. The summed E-state index contributed by atoms with van der Waals surface area (Å²) in [7, 11) is 3.25. The van der Waals surface area contributed by atoms with E-state index >= 15 is 0 Å². The molecule has 1 heterocycles. The average molecular weight is 314 g/mol. The van der Waals surface area contributed by atoms with Crippen LogP contribution in [-0.4, -0.2) is 31.7 Å². The summed E-state index contributed by atoms with van der Waals surface area (Å²) in [6, 6.07) is 13.7. The van der Waals surface area contributed by atoms with Crippen LogP contribution in [0.5, 0.6) is 5.75 Å². The summed E-state index contributed by atoms with van der Waals surface area (Å²) < 4.78 is 10.4. The highest BCUT2D eigenvalue weighted by atomic mass is 16.5. The molecule has 0 atom stereocenters. The largest absolute Gasteiger partial charge is 0.493 e. The summed E-state index contributed by atoms with van der Waals surface area (Å²) in [5, 5.41) is 3.02. The van der Waals surface area contributed by atoms with Gasteiger partial charge in [0.25, 0.3) is 0 Å². The number of esters is 1. The molecule has 122 valence electrons. The topological polar surface area (TPSA) is 60.5 Å². The molecule has 5 nitrogen and oxygen atoms in total. The van der Waals surface area contributed by atoms with Crippen molar-refractivity contribution >= 4 is 11.8 Å². The molecule has 0 saturated heterocycles. The molecule has 0 bridgehead atoms. The predicted octanol–water partition coefficient (Wildman–Crippen LogP) is 2.85. The number of nitrogens with one attached hydrogen (secondary N) is 1. The fraction of sp³-hybridized carbons (Fsp3) is 0.333. The van der Waals surface area contributed by atoms with Gasteiger partial charge in [-0.3, -0.25) is 4.79 Å². The van der Waals surface area contributed by atoms with Crippen molar-refractivity contribution in [3.05, 3.63) is 53.7 Å². The average Bonchev–Trinajstić information content (AvgIpc) is 2.61. The number of pyridine rings is 1. The van der Waals surface area contributed by atoms with Crippen LogP contribution >= 0.6 is 0 Å². The van der Waals surface area contributed by atoms with Crippen LogP contribution in [0.25, 0.3) is 0 Å². The molecule has 0 aliphatic heterocycles. The number of nitrogens with zero attached hydrogens (tertiary/aromatic N) is 1. The number of anilines is 1. The molecule has 1 N–H and O–H groups in total. The molecule has 0 amide bonds. The Labute approximate surface area is 136 Å². The summed E-state index contributed by atoms with van der Waals surface area (Å²) in [6.07, 6.45) is 1.82. The highest BCUT2D eigenvalue weighted by Crippen LogP contribution is 2.14. The highest BCUT2D eigenvalue weighted by Gasteiger charge is 2.02. The molecule has 0 aliphatic rings. The minimum Gasteiger partial charge on any atom is -0.493 e. The molecular formula is C18H22N2O3. The fourth-order valence-corrected chi connectivity index (χ4v) is 2.13. The molecule has 0 unspecified atom stereocenters. The van der Waals surface area contributed by atoms with Crippen LogP contribution in [0.2, 0.25) is 0 Å². The molecule has 0 fully saturated rings. The first-order valence-electron chi connectivity index (χ1n) is 7.63. The zero-order valence-electron chi connectivity index (χ0n) is 13.5. The first-order valence-corrected chi connectivity index (χ1v) is 7.63. The first kappa shape index (κ1) is 16.8. The van der Waals surface area contributed by atoms with Crippen molar-refractivity contribution in [2.75, 3.05) is 26.1 Å². The van der Waals surface area contributed by atoms with Gasteiger partial charge in [-0.2, -0.15) is 0 Å². The van der Waals surface area contributed by atoms with Gasteiger partial charge in [0.15, 0.2) is 0 Å². The standard InChI is InChI=1S/C18H22N2O3/c1-19-17-5-3-4-15(20-17)12-13-23-16-9-6-14(7-10-16)8-11-18(21)22-2/h3-7,9-10H,8,11-13H2,1-2H3,(H,19,20). The van der Waals surface area contributed by atoms with Crippen LogP contribution in [0.3, 0.4) is 0 Å². The third-order valence-electron chi connectivity index (χ3n) is 3.46. The summed E-state index contributed by atoms with van der Waals surface area (Å²) in [5.41, 5.74) is 2.08. The number of aryl methyl sites for hydroxylation is 1. The summed E-state index contributed by atoms with van der Waals surface area (Å²) in [4.78, 5) is 15.6. The van der Waals surface area contributed by atoms with Crippen molar-refractivity contribution in [1.82, 2.24) is 4.98 Å². The van der Waals surface area contributed by atoms with Gasteiger partial charge < -0.3 is 14.8 Å². The van der Waals surface area contributed by atoms with Gasteiger partial charge in [-0.05, 0) is 36.2 Å². The Morgan fingerprint density at radius 2 is 1.91 bits per heavy atom. The SMILES string of the molecule is CNc1cccc(CCOc2ccc(CCC(=O)OC)cc2)n1. The summed E-state index contributed by atoms with van der Waals surface area (Å²) in [5.74, 6) is 1.48. The van der Waals surface area contributed by atoms with Gasteiger partial charge in [0.05, 0.1) is 13.7 Å².